The van der Waals surface area contributed by atoms with E-state index in [2.05, 4.69) is 4.98 Å². The van der Waals surface area contributed by atoms with E-state index in [1.165, 1.54) is 22.5 Å². The van der Waals surface area contributed by atoms with Crippen LogP contribution in [0.15, 0.2) is 53.4 Å². The zero-order valence-electron chi connectivity index (χ0n) is 17.9. The summed E-state index contributed by atoms with van der Waals surface area (Å²) in [5.74, 6) is -0.399. The van der Waals surface area contributed by atoms with Gasteiger partial charge in [-0.25, -0.2) is 18.2 Å². The summed E-state index contributed by atoms with van der Waals surface area (Å²) >= 11 is 6.23. The van der Waals surface area contributed by atoms with Crippen LogP contribution in [0.4, 0.5) is 0 Å². The second kappa shape index (κ2) is 8.78. The maximum Gasteiger partial charge on any atom is 0.343 e. The number of sulfonamides is 1. The van der Waals surface area contributed by atoms with Crippen molar-refractivity contribution < 1.29 is 22.7 Å². The van der Waals surface area contributed by atoms with Gasteiger partial charge in [-0.05, 0) is 51.1 Å². The number of halogens is 1. The molecule has 2 unspecified atom stereocenters. The van der Waals surface area contributed by atoms with E-state index in [0.29, 0.717) is 11.3 Å². The molecule has 1 aliphatic rings. The minimum absolute atomic E-state index is 0.0378. The molecule has 168 valence electrons. The molecular weight excluding hydrogens is 452 g/mol. The molecule has 0 radical (unpaired) electrons. The van der Waals surface area contributed by atoms with E-state index in [1.54, 1.807) is 12.1 Å². The fraction of sp³-hybridized carbons (Fsp3) is 0.304. The molecule has 1 saturated heterocycles. The number of morpholine rings is 1. The van der Waals surface area contributed by atoms with Gasteiger partial charge in [-0.3, -0.25) is 0 Å². The van der Waals surface area contributed by atoms with Gasteiger partial charge in [-0.1, -0.05) is 29.8 Å². The van der Waals surface area contributed by atoms with Crippen molar-refractivity contribution in [2.75, 3.05) is 13.1 Å². The van der Waals surface area contributed by atoms with Crippen LogP contribution in [0, 0.1) is 6.92 Å². The Morgan fingerprint density at radius 2 is 1.84 bits per heavy atom. The molecule has 7 nitrogen and oxygen atoms in total. The standard InChI is InChI=1S/C23H23ClN2O5S/c1-14-7-8-17-5-4-6-20(22(17)25-14)31-23(27)18-9-10-19(24)21(11-18)32(28,29)26-12-15(2)30-16(3)13-26/h4-11,15-16H,12-13H2,1-3H3. The maximum atomic E-state index is 13.3. The minimum atomic E-state index is -3.93. The number of nitrogens with zero attached hydrogens (tertiary/aromatic N) is 2. The number of carbonyl (C=O) groups excluding carboxylic acids is 1. The van der Waals surface area contributed by atoms with Gasteiger partial charge in [-0.15, -0.1) is 0 Å². The first-order chi connectivity index (χ1) is 15.1. The minimum Gasteiger partial charge on any atom is -0.421 e. The number of rotatable bonds is 4. The van der Waals surface area contributed by atoms with Crippen molar-refractivity contribution in [1.29, 1.82) is 0 Å². The van der Waals surface area contributed by atoms with Gasteiger partial charge in [0.25, 0.3) is 0 Å². The Hall–Kier alpha value is -2.52. The molecule has 1 aliphatic heterocycles. The topological polar surface area (TPSA) is 85.8 Å². The summed E-state index contributed by atoms with van der Waals surface area (Å²) in [7, 11) is -3.93. The second-order valence-electron chi connectivity index (χ2n) is 7.89. The summed E-state index contributed by atoms with van der Waals surface area (Å²) in [5, 5.41) is 0.867. The third-order valence-electron chi connectivity index (χ3n) is 5.20. The molecule has 0 aliphatic carbocycles. The number of aryl methyl sites for hydroxylation is 1. The number of hydrogen-bond acceptors (Lipinski definition) is 6. The van der Waals surface area contributed by atoms with Crippen LogP contribution in [0.25, 0.3) is 10.9 Å². The zero-order chi connectivity index (χ0) is 23.0. The van der Waals surface area contributed by atoms with Crippen LogP contribution < -0.4 is 4.74 Å². The summed E-state index contributed by atoms with van der Waals surface area (Å²) in [6.07, 6.45) is -0.495. The van der Waals surface area contributed by atoms with Crippen LogP contribution in [-0.4, -0.2) is 49.0 Å². The van der Waals surface area contributed by atoms with E-state index in [0.717, 1.165) is 11.1 Å². The summed E-state index contributed by atoms with van der Waals surface area (Å²) < 4.78 is 39.1. The molecular formula is C23H23ClN2O5S. The molecule has 9 heteroatoms. The van der Waals surface area contributed by atoms with Crippen molar-refractivity contribution in [2.45, 2.75) is 37.9 Å². The molecule has 2 heterocycles. The normalized spacial score (nSPS) is 19.8. The van der Waals surface area contributed by atoms with E-state index >= 15 is 0 Å². The molecule has 32 heavy (non-hydrogen) atoms. The van der Waals surface area contributed by atoms with Gasteiger partial charge in [0.1, 0.15) is 10.4 Å². The third kappa shape index (κ3) is 4.49. The monoisotopic (exact) mass is 474 g/mol. The highest BCUT2D eigenvalue weighted by molar-refractivity contribution is 7.89. The van der Waals surface area contributed by atoms with Crippen LogP contribution in [0.5, 0.6) is 5.75 Å². The van der Waals surface area contributed by atoms with Crippen molar-refractivity contribution in [3.8, 4) is 5.75 Å². The summed E-state index contributed by atoms with van der Waals surface area (Å²) in [6, 6.07) is 13.1. The third-order valence-corrected chi connectivity index (χ3v) is 7.51. The Kier molecular flexibility index (Phi) is 6.22. The van der Waals surface area contributed by atoms with Crippen molar-refractivity contribution in [3.05, 3.63) is 64.8 Å². The molecule has 0 amide bonds. The average Bonchev–Trinajstić information content (AvgIpc) is 2.73. The Labute approximate surface area is 192 Å². The quantitative estimate of drug-likeness (QED) is 0.416. The van der Waals surface area contributed by atoms with Gasteiger partial charge >= 0.3 is 5.97 Å². The fourth-order valence-electron chi connectivity index (χ4n) is 3.75. The van der Waals surface area contributed by atoms with E-state index in [1.807, 2.05) is 39.0 Å². The number of pyridine rings is 1. The number of esters is 1. The van der Waals surface area contributed by atoms with Crippen molar-refractivity contribution >= 4 is 38.5 Å². The molecule has 0 spiro atoms. The Bertz CT molecular complexity index is 1280. The number of fused-ring (bicyclic) bond motifs is 1. The first kappa shape index (κ1) is 22.7. The Morgan fingerprint density at radius 3 is 2.56 bits per heavy atom. The van der Waals surface area contributed by atoms with Crippen molar-refractivity contribution in [3.63, 3.8) is 0 Å². The highest BCUT2D eigenvalue weighted by Gasteiger charge is 2.34. The van der Waals surface area contributed by atoms with Crippen molar-refractivity contribution in [2.24, 2.45) is 0 Å². The number of carbonyl (C=O) groups is 1. The summed E-state index contributed by atoms with van der Waals surface area (Å²) in [4.78, 5) is 17.2. The number of hydrogen-bond donors (Lipinski definition) is 0. The molecule has 2 aromatic carbocycles. The van der Waals surface area contributed by atoms with Gasteiger partial charge < -0.3 is 9.47 Å². The van der Waals surface area contributed by atoms with Gasteiger partial charge in [0.05, 0.1) is 22.8 Å². The number of benzene rings is 2. The molecule has 3 aromatic rings. The van der Waals surface area contributed by atoms with Crippen LogP contribution in [-0.2, 0) is 14.8 Å². The smallest absolute Gasteiger partial charge is 0.343 e. The van der Waals surface area contributed by atoms with E-state index < -0.39 is 16.0 Å². The molecule has 4 rings (SSSR count). The van der Waals surface area contributed by atoms with Crippen molar-refractivity contribution in [1.82, 2.24) is 9.29 Å². The lowest BCUT2D eigenvalue weighted by atomic mass is 10.2. The Morgan fingerprint density at radius 1 is 1.12 bits per heavy atom. The predicted octanol–water partition coefficient (Wildman–Crippen LogP) is 4.21. The van der Waals surface area contributed by atoms with Gasteiger partial charge in [0.15, 0.2) is 5.75 Å². The fourth-order valence-corrected chi connectivity index (χ4v) is 5.84. The number of para-hydroxylation sites is 1. The molecule has 0 bridgehead atoms. The highest BCUT2D eigenvalue weighted by atomic mass is 35.5. The lowest BCUT2D eigenvalue weighted by Gasteiger charge is -2.34. The predicted molar refractivity (Wildman–Crippen MR) is 122 cm³/mol. The SMILES string of the molecule is Cc1ccc2cccc(OC(=O)c3ccc(Cl)c(S(=O)(=O)N4CC(C)OC(C)C4)c3)c2n1. The largest absolute Gasteiger partial charge is 0.421 e. The zero-order valence-corrected chi connectivity index (χ0v) is 19.5. The van der Waals surface area contributed by atoms with E-state index in [9.17, 15) is 13.2 Å². The average molecular weight is 475 g/mol. The van der Waals surface area contributed by atoms with Crippen LogP contribution in [0.3, 0.4) is 0 Å². The molecule has 1 fully saturated rings. The summed E-state index contributed by atoms with van der Waals surface area (Å²) in [5.41, 5.74) is 1.42. The van der Waals surface area contributed by atoms with Crippen LogP contribution in [0.1, 0.15) is 29.9 Å². The first-order valence-electron chi connectivity index (χ1n) is 10.2. The molecule has 1 aromatic heterocycles. The molecule has 2 atom stereocenters. The summed E-state index contributed by atoms with van der Waals surface area (Å²) in [6.45, 7) is 5.89. The second-order valence-corrected chi connectivity index (χ2v) is 10.2. The van der Waals surface area contributed by atoms with Crippen LogP contribution in [0.2, 0.25) is 5.02 Å². The van der Waals surface area contributed by atoms with Gasteiger partial charge in [0, 0.05) is 24.2 Å². The highest BCUT2D eigenvalue weighted by Crippen LogP contribution is 2.29. The Balaban J connectivity index is 1.66. The van der Waals surface area contributed by atoms with E-state index in [4.69, 9.17) is 21.1 Å². The lowest BCUT2D eigenvalue weighted by Crippen LogP contribution is -2.48. The number of aromatic nitrogens is 1. The number of ether oxygens (including phenoxy) is 2. The van der Waals surface area contributed by atoms with Gasteiger partial charge in [-0.2, -0.15) is 4.31 Å². The van der Waals surface area contributed by atoms with Crippen LogP contribution >= 0.6 is 11.6 Å². The van der Waals surface area contributed by atoms with E-state index in [-0.39, 0.29) is 40.8 Å². The molecule has 0 saturated carbocycles. The van der Waals surface area contributed by atoms with Gasteiger partial charge in [0.2, 0.25) is 10.0 Å². The maximum absolute atomic E-state index is 13.3. The molecule has 0 N–H and O–H groups in total. The lowest BCUT2D eigenvalue weighted by molar-refractivity contribution is -0.0440. The first-order valence-corrected chi connectivity index (χ1v) is 12.0.